The van der Waals surface area contributed by atoms with Gasteiger partial charge in [-0.15, -0.1) is 0 Å². The maximum absolute atomic E-state index is 11.7. The Kier molecular flexibility index (Phi) is 3.31. The van der Waals surface area contributed by atoms with E-state index >= 15 is 0 Å². The van der Waals surface area contributed by atoms with Gasteiger partial charge in [0.2, 0.25) is 0 Å². The molecule has 0 unspecified atom stereocenters. The van der Waals surface area contributed by atoms with E-state index in [1.54, 1.807) is 6.92 Å². The zero-order valence-electron chi connectivity index (χ0n) is 9.00. The molecule has 0 aliphatic carbocycles. The average Bonchev–Trinajstić information content (AvgIpc) is 2.28. The van der Waals surface area contributed by atoms with Gasteiger partial charge in [-0.1, -0.05) is 0 Å². The number of hydrogen-bond donors (Lipinski definition) is 2. The third-order valence-corrected chi connectivity index (χ3v) is 2.64. The lowest BCUT2D eigenvalue weighted by molar-refractivity contribution is 0.0517. The SMILES string of the molecule is CCOC(=O)c1nc(=S)[nH]c2c1CNCC2. The Morgan fingerprint density at radius 1 is 1.62 bits per heavy atom. The van der Waals surface area contributed by atoms with E-state index in [1.807, 2.05) is 0 Å². The van der Waals surface area contributed by atoms with Crippen molar-refractivity contribution in [3.8, 4) is 0 Å². The van der Waals surface area contributed by atoms with Crippen LogP contribution < -0.4 is 5.32 Å². The molecule has 0 atom stereocenters. The molecule has 0 fully saturated rings. The van der Waals surface area contributed by atoms with Crippen molar-refractivity contribution < 1.29 is 9.53 Å². The normalized spacial score (nSPS) is 14.3. The van der Waals surface area contributed by atoms with Crippen LogP contribution in [0.3, 0.4) is 0 Å². The van der Waals surface area contributed by atoms with Crippen LogP contribution in [0.2, 0.25) is 0 Å². The van der Waals surface area contributed by atoms with Crippen molar-refractivity contribution in [3.63, 3.8) is 0 Å². The number of carbonyl (C=O) groups is 1. The number of esters is 1. The first-order valence-corrected chi connectivity index (χ1v) is 5.63. The minimum atomic E-state index is -0.400. The highest BCUT2D eigenvalue weighted by Gasteiger charge is 2.20. The van der Waals surface area contributed by atoms with Crippen LogP contribution in [0, 0.1) is 4.77 Å². The van der Waals surface area contributed by atoms with Gasteiger partial charge in [0, 0.05) is 30.8 Å². The predicted octanol–water partition coefficient (Wildman–Crippen LogP) is 0.962. The Hall–Kier alpha value is -1.27. The van der Waals surface area contributed by atoms with Crippen molar-refractivity contribution in [3.05, 3.63) is 21.7 Å². The lowest BCUT2D eigenvalue weighted by atomic mass is 10.1. The van der Waals surface area contributed by atoms with Crippen LogP contribution >= 0.6 is 12.2 Å². The number of ether oxygens (including phenoxy) is 1. The summed E-state index contributed by atoms with van der Waals surface area (Å²) in [7, 11) is 0. The lowest BCUT2D eigenvalue weighted by Crippen LogP contribution is -2.28. The summed E-state index contributed by atoms with van der Waals surface area (Å²) in [4.78, 5) is 18.8. The standard InChI is InChI=1S/C10H13N3O2S/c1-2-15-9(14)8-6-5-11-4-3-7(6)12-10(16)13-8/h11H,2-5H2,1H3,(H,12,13,16). The van der Waals surface area contributed by atoms with Crippen molar-refractivity contribution in [2.45, 2.75) is 19.9 Å². The third-order valence-electron chi connectivity index (χ3n) is 2.44. The van der Waals surface area contributed by atoms with Gasteiger partial charge in [-0.05, 0) is 19.1 Å². The molecule has 2 heterocycles. The summed E-state index contributed by atoms with van der Waals surface area (Å²) in [5.74, 6) is -0.400. The second-order valence-corrected chi connectivity index (χ2v) is 3.88. The zero-order valence-corrected chi connectivity index (χ0v) is 9.82. The number of fused-ring (bicyclic) bond motifs is 1. The molecule has 0 saturated heterocycles. The van der Waals surface area contributed by atoms with Crippen molar-refractivity contribution in [2.24, 2.45) is 0 Å². The Morgan fingerprint density at radius 2 is 2.44 bits per heavy atom. The molecular weight excluding hydrogens is 226 g/mol. The van der Waals surface area contributed by atoms with Crippen LogP contribution in [0.1, 0.15) is 28.7 Å². The van der Waals surface area contributed by atoms with Crippen molar-refractivity contribution in [1.29, 1.82) is 0 Å². The molecule has 0 bridgehead atoms. The number of H-pyrrole nitrogens is 1. The van der Waals surface area contributed by atoms with Gasteiger partial charge in [-0.2, -0.15) is 0 Å². The third kappa shape index (κ3) is 2.12. The smallest absolute Gasteiger partial charge is 0.357 e. The predicted molar refractivity (Wildman–Crippen MR) is 60.8 cm³/mol. The van der Waals surface area contributed by atoms with E-state index in [4.69, 9.17) is 17.0 Å². The fraction of sp³-hybridized carbons (Fsp3) is 0.500. The quantitative estimate of drug-likeness (QED) is 0.594. The molecule has 5 nitrogen and oxygen atoms in total. The monoisotopic (exact) mass is 239 g/mol. The van der Waals surface area contributed by atoms with Gasteiger partial charge in [0.25, 0.3) is 0 Å². The van der Waals surface area contributed by atoms with Crippen LogP contribution in [-0.4, -0.2) is 29.1 Å². The number of aromatic nitrogens is 2. The second-order valence-electron chi connectivity index (χ2n) is 3.49. The molecule has 86 valence electrons. The van der Waals surface area contributed by atoms with Gasteiger partial charge in [-0.3, -0.25) is 0 Å². The van der Waals surface area contributed by atoms with E-state index in [0.29, 0.717) is 23.6 Å². The number of nitrogens with one attached hydrogen (secondary N) is 2. The zero-order chi connectivity index (χ0) is 11.5. The Morgan fingerprint density at radius 3 is 3.19 bits per heavy atom. The molecule has 2 rings (SSSR count). The minimum absolute atomic E-state index is 0.337. The molecule has 1 aromatic rings. The summed E-state index contributed by atoms with van der Waals surface area (Å²) in [6.45, 7) is 3.62. The second kappa shape index (κ2) is 4.71. The molecule has 0 radical (unpaired) electrons. The molecule has 0 spiro atoms. The minimum Gasteiger partial charge on any atom is -0.461 e. The number of rotatable bonds is 2. The molecule has 0 amide bonds. The highest BCUT2D eigenvalue weighted by molar-refractivity contribution is 7.71. The maximum atomic E-state index is 11.7. The van der Waals surface area contributed by atoms with E-state index in [-0.39, 0.29) is 0 Å². The Bertz CT molecular complexity index is 470. The molecular formula is C10H13N3O2S. The summed E-state index contributed by atoms with van der Waals surface area (Å²) in [5.41, 5.74) is 2.20. The molecule has 6 heteroatoms. The summed E-state index contributed by atoms with van der Waals surface area (Å²) in [6, 6.07) is 0. The highest BCUT2D eigenvalue weighted by Crippen LogP contribution is 2.15. The van der Waals surface area contributed by atoms with Crippen molar-refractivity contribution in [2.75, 3.05) is 13.2 Å². The van der Waals surface area contributed by atoms with E-state index < -0.39 is 5.97 Å². The molecule has 1 aliphatic rings. The first-order chi connectivity index (χ1) is 7.72. The fourth-order valence-corrected chi connectivity index (χ4v) is 1.96. The van der Waals surface area contributed by atoms with Crippen LogP contribution in [-0.2, 0) is 17.7 Å². The van der Waals surface area contributed by atoms with Gasteiger partial charge in [0.05, 0.1) is 6.61 Å². The van der Waals surface area contributed by atoms with Crippen LogP contribution in [0.25, 0.3) is 0 Å². The van der Waals surface area contributed by atoms with Crippen LogP contribution in [0.15, 0.2) is 0 Å². The van der Waals surface area contributed by atoms with Crippen LogP contribution in [0.5, 0.6) is 0 Å². The van der Waals surface area contributed by atoms with Crippen molar-refractivity contribution in [1.82, 2.24) is 15.3 Å². The molecule has 1 aliphatic heterocycles. The van der Waals surface area contributed by atoms with Gasteiger partial charge < -0.3 is 15.0 Å². The van der Waals surface area contributed by atoms with Gasteiger partial charge in [0.1, 0.15) is 0 Å². The van der Waals surface area contributed by atoms with Crippen LogP contribution in [0.4, 0.5) is 0 Å². The first kappa shape index (κ1) is 11.2. The molecule has 0 aromatic carbocycles. The van der Waals surface area contributed by atoms with E-state index in [0.717, 1.165) is 24.2 Å². The highest BCUT2D eigenvalue weighted by atomic mass is 32.1. The lowest BCUT2D eigenvalue weighted by Gasteiger charge is -2.18. The first-order valence-electron chi connectivity index (χ1n) is 5.22. The summed E-state index contributed by atoms with van der Waals surface area (Å²) in [6.07, 6.45) is 0.827. The van der Waals surface area contributed by atoms with Crippen molar-refractivity contribution >= 4 is 18.2 Å². The van der Waals surface area contributed by atoms with E-state index in [2.05, 4.69) is 15.3 Å². The summed E-state index contributed by atoms with van der Waals surface area (Å²) in [5, 5.41) is 3.20. The number of carbonyl (C=O) groups excluding carboxylic acids is 1. The largest absolute Gasteiger partial charge is 0.461 e. The van der Waals surface area contributed by atoms with Gasteiger partial charge in [-0.25, -0.2) is 9.78 Å². The van der Waals surface area contributed by atoms with E-state index in [1.165, 1.54) is 0 Å². The molecule has 16 heavy (non-hydrogen) atoms. The van der Waals surface area contributed by atoms with Gasteiger partial charge >= 0.3 is 5.97 Å². The fourth-order valence-electron chi connectivity index (χ4n) is 1.74. The van der Waals surface area contributed by atoms with E-state index in [9.17, 15) is 4.79 Å². The number of nitrogens with zero attached hydrogens (tertiary/aromatic N) is 1. The topological polar surface area (TPSA) is 67.0 Å². The molecule has 0 saturated carbocycles. The number of aromatic amines is 1. The number of hydrogen-bond acceptors (Lipinski definition) is 5. The average molecular weight is 239 g/mol. The molecule has 1 aromatic heterocycles. The molecule has 2 N–H and O–H groups in total. The van der Waals surface area contributed by atoms with Gasteiger partial charge in [0.15, 0.2) is 10.5 Å². The Balaban J connectivity index is 2.47. The Labute approximate surface area is 98.2 Å². The summed E-state index contributed by atoms with van der Waals surface area (Å²) < 4.78 is 5.30. The maximum Gasteiger partial charge on any atom is 0.357 e. The summed E-state index contributed by atoms with van der Waals surface area (Å²) >= 11 is 4.99.